The largest absolute Gasteiger partial charge is 0.480 e. The molecular weight excluding hydrogens is 334 g/mol. The minimum Gasteiger partial charge on any atom is -0.480 e. The van der Waals surface area contributed by atoms with E-state index in [0.717, 1.165) is 0 Å². The van der Waals surface area contributed by atoms with Crippen molar-refractivity contribution in [3.8, 4) is 0 Å². The molecule has 0 radical (unpaired) electrons. The van der Waals surface area contributed by atoms with E-state index in [1.807, 2.05) is 0 Å². The summed E-state index contributed by atoms with van der Waals surface area (Å²) in [4.78, 5) is 47.2. The highest BCUT2D eigenvalue weighted by atomic mass is 16.5. The Bertz CT molecular complexity index is 477. The number of nitrogens with one attached hydrogen (secondary N) is 1. The second-order valence-electron chi connectivity index (χ2n) is 5.84. The van der Waals surface area contributed by atoms with Crippen molar-refractivity contribution in [2.75, 3.05) is 13.2 Å². The van der Waals surface area contributed by atoms with Gasteiger partial charge in [-0.1, -0.05) is 13.8 Å². The molecule has 3 atom stereocenters. The fraction of sp³-hybridized carbons (Fsp3) is 0.750. The lowest BCUT2D eigenvalue weighted by Crippen LogP contribution is -2.52. The van der Waals surface area contributed by atoms with Gasteiger partial charge in [0.05, 0.1) is 25.6 Å². The van der Waals surface area contributed by atoms with Gasteiger partial charge in [0.15, 0.2) is 0 Å². The van der Waals surface area contributed by atoms with Gasteiger partial charge in [-0.05, 0) is 26.2 Å². The SMILES string of the molecule is CCOC(=O)C[C@H](C(=O)OCC)[C@@H](NC(=O)[C@@H](O)CC(C)C)C(=O)O. The van der Waals surface area contributed by atoms with Gasteiger partial charge in [0.25, 0.3) is 0 Å². The summed E-state index contributed by atoms with van der Waals surface area (Å²) in [5, 5.41) is 21.3. The van der Waals surface area contributed by atoms with E-state index in [0.29, 0.717) is 0 Å². The molecule has 0 aliphatic rings. The van der Waals surface area contributed by atoms with E-state index in [9.17, 15) is 29.4 Å². The minimum atomic E-state index is -1.72. The highest BCUT2D eigenvalue weighted by molar-refractivity contribution is 5.91. The molecule has 0 fully saturated rings. The van der Waals surface area contributed by atoms with Crippen LogP contribution in [0.5, 0.6) is 0 Å². The molecule has 0 saturated carbocycles. The average Bonchev–Trinajstić information content (AvgIpc) is 2.49. The monoisotopic (exact) mass is 361 g/mol. The predicted octanol–water partition coefficient (Wildman–Crippen LogP) is 0.0953. The Morgan fingerprint density at radius 2 is 1.60 bits per heavy atom. The maximum atomic E-state index is 12.1. The molecule has 0 unspecified atom stereocenters. The summed E-state index contributed by atoms with van der Waals surface area (Å²) in [5.41, 5.74) is 0. The molecule has 0 aromatic carbocycles. The van der Waals surface area contributed by atoms with Crippen molar-refractivity contribution in [2.45, 2.75) is 52.7 Å². The van der Waals surface area contributed by atoms with Crippen molar-refractivity contribution in [1.29, 1.82) is 0 Å². The molecule has 0 bridgehead atoms. The van der Waals surface area contributed by atoms with Gasteiger partial charge < -0.3 is 25.0 Å². The lowest BCUT2D eigenvalue weighted by atomic mass is 9.95. The second kappa shape index (κ2) is 11.4. The standard InChI is InChI=1S/C16H27NO8/c1-5-24-12(19)8-10(16(23)25-6-2)13(15(21)22)17-14(20)11(18)7-9(3)4/h9-11,13,18H,5-8H2,1-4H3,(H,17,20)(H,21,22)/t10-,11-,13+/m0/s1. The summed E-state index contributed by atoms with van der Waals surface area (Å²) in [6.07, 6.45) is -1.86. The number of hydrogen-bond acceptors (Lipinski definition) is 7. The Hall–Kier alpha value is -2.16. The lowest BCUT2D eigenvalue weighted by Gasteiger charge is -2.24. The highest BCUT2D eigenvalue weighted by Gasteiger charge is 2.39. The van der Waals surface area contributed by atoms with Crippen molar-refractivity contribution in [3.05, 3.63) is 0 Å². The van der Waals surface area contributed by atoms with E-state index in [-0.39, 0.29) is 25.6 Å². The molecule has 144 valence electrons. The van der Waals surface area contributed by atoms with E-state index in [4.69, 9.17) is 9.47 Å². The average molecular weight is 361 g/mol. The van der Waals surface area contributed by atoms with Crippen LogP contribution in [-0.2, 0) is 28.7 Å². The molecule has 25 heavy (non-hydrogen) atoms. The Morgan fingerprint density at radius 3 is 2.04 bits per heavy atom. The molecule has 0 aromatic heterocycles. The van der Waals surface area contributed by atoms with Gasteiger partial charge in [0.1, 0.15) is 12.1 Å². The van der Waals surface area contributed by atoms with Crippen LogP contribution in [0.25, 0.3) is 0 Å². The summed E-state index contributed by atoms with van der Waals surface area (Å²) in [6, 6.07) is -1.72. The minimum absolute atomic E-state index is 0.00409. The summed E-state index contributed by atoms with van der Waals surface area (Å²) in [7, 11) is 0. The molecule has 0 rings (SSSR count). The zero-order valence-electron chi connectivity index (χ0n) is 15.0. The molecule has 0 saturated heterocycles. The van der Waals surface area contributed by atoms with Crippen molar-refractivity contribution in [2.24, 2.45) is 11.8 Å². The molecule has 0 aliphatic heterocycles. The Morgan fingerprint density at radius 1 is 1.04 bits per heavy atom. The first-order valence-corrected chi connectivity index (χ1v) is 8.17. The molecule has 1 amide bonds. The van der Waals surface area contributed by atoms with Crippen LogP contribution in [0.3, 0.4) is 0 Å². The van der Waals surface area contributed by atoms with Crippen molar-refractivity contribution < 1.29 is 38.9 Å². The Labute approximate surface area is 146 Å². The second-order valence-corrected chi connectivity index (χ2v) is 5.84. The smallest absolute Gasteiger partial charge is 0.327 e. The van der Waals surface area contributed by atoms with Gasteiger partial charge in [-0.2, -0.15) is 0 Å². The van der Waals surface area contributed by atoms with E-state index in [2.05, 4.69) is 5.32 Å². The zero-order valence-corrected chi connectivity index (χ0v) is 15.0. The molecule has 0 aliphatic carbocycles. The number of carboxylic acids is 1. The molecule has 0 heterocycles. The van der Waals surface area contributed by atoms with Crippen LogP contribution in [0.1, 0.15) is 40.5 Å². The third-order valence-electron chi connectivity index (χ3n) is 3.24. The molecule has 0 spiro atoms. The number of esters is 2. The van der Waals surface area contributed by atoms with Crippen molar-refractivity contribution in [1.82, 2.24) is 5.32 Å². The fourth-order valence-corrected chi connectivity index (χ4v) is 2.12. The molecule has 3 N–H and O–H groups in total. The third kappa shape index (κ3) is 8.48. The number of carbonyl (C=O) groups is 4. The summed E-state index contributed by atoms with van der Waals surface area (Å²) < 4.78 is 9.53. The van der Waals surface area contributed by atoms with Crippen LogP contribution in [0.15, 0.2) is 0 Å². The zero-order chi connectivity index (χ0) is 19.6. The number of carboxylic acid groups (broad SMARTS) is 1. The quantitative estimate of drug-likeness (QED) is 0.440. The Kier molecular flexibility index (Phi) is 10.4. The number of hydrogen-bond donors (Lipinski definition) is 3. The summed E-state index contributed by atoms with van der Waals surface area (Å²) in [6.45, 7) is 6.71. The predicted molar refractivity (Wildman–Crippen MR) is 86.4 cm³/mol. The topological polar surface area (TPSA) is 139 Å². The lowest BCUT2D eigenvalue weighted by molar-refractivity contribution is -0.160. The first-order chi connectivity index (χ1) is 11.6. The van der Waals surface area contributed by atoms with Crippen LogP contribution in [-0.4, -0.2) is 59.4 Å². The van der Waals surface area contributed by atoms with Gasteiger partial charge in [0.2, 0.25) is 5.91 Å². The normalized spacial score (nSPS) is 14.3. The molecule has 9 heteroatoms. The number of ether oxygens (including phenoxy) is 2. The van der Waals surface area contributed by atoms with Gasteiger partial charge in [0, 0.05) is 0 Å². The number of aliphatic hydroxyl groups excluding tert-OH is 1. The van der Waals surface area contributed by atoms with Gasteiger partial charge in [-0.15, -0.1) is 0 Å². The maximum absolute atomic E-state index is 12.1. The van der Waals surface area contributed by atoms with Crippen LogP contribution >= 0.6 is 0 Å². The maximum Gasteiger partial charge on any atom is 0.327 e. The number of carbonyl (C=O) groups excluding carboxylic acids is 3. The highest BCUT2D eigenvalue weighted by Crippen LogP contribution is 2.15. The first-order valence-electron chi connectivity index (χ1n) is 8.17. The fourth-order valence-electron chi connectivity index (χ4n) is 2.12. The van der Waals surface area contributed by atoms with Crippen LogP contribution < -0.4 is 5.32 Å². The molecular formula is C16H27NO8. The van der Waals surface area contributed by atoms with Gasteiger partial charge in [-0.25, -0.2) is 4.79 Å². The summed E-state index contributed by atoms with van der Waals surface area (Å²) >= 11 is 0. The first kappa shape index (κ1) is 22.8. The number of rotatable bonds is 11. The number of aliphatic carboxylic acids is 1. The van der Waals surface area contributed by atoms with E-state index in [1.165, 1.54) is 6.92 Å². The summed E-state index contributed by atoms with van der Waals surface area (Å²) in [5.74, 6) is -5.65. The number of aliphatic hydroxyl groups is 1. The Balaban J connectivity index is 5.32. The van der Waals surface area contributed by atoms with Gasteiger partial charge in [-0.3, -0.25) is 14.4 Å². The van der Waals surface area contributed by atoms with E-state index >= 15 is 0 Å². The van der Waals surface area contributed by atoms with Crippen LogP contribution in [0, 0.1) is 11.8 Å². The molecule has 0 aromatic rings. The number of amides is 1. The van der Waals surface area contributed by atoms with E-state index in [1.54, 1.807) is 20.8 Å². The van der Waals surface area contributed by atoms with Crippen LogP contribution in [0.2, 0.25) is 0 Å². The van der Waals surface area contributed by atoms with Crippen LogP contribution in [0.4, 0.5) is 0 Å². The third-order valence-corrected chi connectivity index (χ3v) is 3.24. The van der Waals surface area contributed by atoms with Crippen molar-refractivity contribution >= 4 is 23.8 Å². The van der Waals surface area contributed by atoms with E-state index < -0.39 is 48.3 Å². The van der Waals surface area contributed by atoms with Gasteiger partial charge >= 0.3 is 17.9 Å². The van der Waals surface area contributed by atoms with Crippen molar-refractivity contribution in [3.63, 3.8) is 0 Å². The molecule has 9 nitrogen and oxygen atoms in total.